The molecule has 0 heterocycles. The Morgan fingerprint density at radius 3 is 2.38 bits per heavy atom. The number of benzene rings is 1. The fourth-order valence-corrected chi connectivity index (χ4v) is 1.73. The van der Waals surface area contributed by atoms with Gasteiger partial charge in [0.1, 0.15) is 0 Å². The van der Waals surface area contributed by atoms with Crippen LogP contribution in [0.15, 0.2) is 24.3 Å². The fourth-order valence-electron chi connectivity index (χ4n) is 1.73. The molecule has 1 aromatic rings. The molecule has 90 valence electrons. The molecule has 0 amide bonds. The van der Waals surface area contributed by atoms with Crippen LogP contribution in [0.2, 0.25) is 0 Å². The molecular weight excluding hydrogens is 198 g/mol. The highest BCUT2D eigenvalue weighted by Gasteiger charge is 2.21. The van der Waals surface area contributed by atoms with Gasteiger partial charge in [0.15, 0.2) is 0 Å². The number of hydrogen-bond donors (Lipinski definition) is 2. The van der Waals surface area contributed by atoms with Gasteiger partial charge >= 0.3 is 0 Å². The molecule has 0 bridgehead atoms. The number of nitrogens with one attached hydrogen (secondary N) is 1. The first kappa shape index (κ1) is 13.0. The Morgan fingerprint density at radius 1 is 1.25 bits per heavy atom. The van der Waals surface area contributed by atoms with Crippen molar-refractivity contribution < 1.29 is 5.11 Å². The van der Waals surface area contributed by atoms with Gasteiger partial charge in [-0.3, -0.25) is 0 Å². The predicted octanol–water partition coefficient (Wildman–Crippen LogP) is 3.35. The van der Waals surface area contributed by atoms with Crippen molar-refractivity contribution >= 4 is 5.69 Å². The fraction of sp³-hybridized carbons (Fsp3) is 0.571. The summed E-state index contributed by atoms with van der Waals surface area (Å²) in [5.41, 5.74) is 2.13. The predicted molar refractivity (Wildman–Crippen MR) is 69.8 cm³/mol. The van der Waals surface area contributed by atoms with Gasteiger partial charge in [0, 0.05) is 5.69 Å². The molecule has 0 saturated carbocycles. The minimum absolute atomic E-state index is 0.168. The molecule has 0 aliphatic heterocycles. The minimum atomic E-state index is -0.203. The van der Waals surface area contributed by atoms with Crippen LogP contribution in [0.3, 0.4) is 0 Å². The van der Waals surface area contributed by atoms with Crippen molar-refractivity contribution in [3.63, 3.8) is 0 Å². The smallest absolute Gasteiger partial charge is 0.0658 e. The van der Waals surface area contributed by atoms with E-state index in [1.54, 1.807) is 0 Å². The van der Waals surface area contributed by atoms with Gasteiger partial charge in [-0.2, -0.15) is 0 Å². The first-order valence-electron chi connectivity index (χ1n) is 6.05. The Kier molecular flexibility index (Phi) is 4.81. The van der Waals surface area contributed by atoms with E-state index in [4.69, 9.17) is 0 Å². The van der Waals surface area contributed by atoms with E-state index < -0.39 is 0 Å². The maximum Gasteiger partial charge on any atom is 0.0658 e. The molecule has 0 fully saturated rings. The lowest BCUT2D eigenvalue weighted by atomic mass is 9.95. The van der Waals surface area contributed by atoms with Gasteiger partial charge in [0.2, 0.25) is 0 Å². The second-order valence-corrected chi connectivity index (χ2v) is 4.81. The van der Waals surface area contributed by atoms with Gasteiger partial charge in [-0.15, -0.1) is 0 Å². The van der Waals surface area contributed by atoms with Crippen LogP contribution >= 0.6 is 0 Å². The third-order valence-corrected chi connectivity index (χ3v) is 2.93. The maximum atomic E-state index is 9.47. The summed E-state index contributed by atoms with van der Waals surface area (Å²) in [7, 11) is 0. The van der Waals surface area contributed by atoms with Crippen LogP contribution < -0.4 is 5.32 Å². The summed E-state index contributed by atoms with van der Waals surface area (Å²) in [6, 6.07) is 8.30. The Bertz CT molecular complexity index is 307. The SMILES string of the molecule is CCCCC(C)(CO)Nc1ccc(C)cc1. The van der Waals surface area contributed by atoms with Gasteiger partial charge in [0.05, 0.1) is 12.1 Å². The van der Waals surface area contributed by atoms with E-state index in [-0.39, 0.29) is 12.1 Å². The third-order valence-electron chi connectivity index (χ3n) is 2.93. The summed E-state index contributed by atoms with van der Waals surface area (Å²) < 4.78 is 0. The summed E-state index contributed by atoms with van der Waals surface area (Å²) in [4.78, 5) is 0. The second-order valence-electron chi connectivity index (χ2n) is 4.81. The van der Waals surface area contributed by atoms with Crippen LogP contribution in [0.1, 0.15) is 38.7 Å². The molecule has 2 heteroatoms. The highest BCUT2D eigenvalue weighted by Crippen LogP contribution is 2.20. The van der Waals surface area contributed by atoms with Gasteiger partial charge in [0.25, 0.3) is 0 Å². The van der Waals surface area contributed by atoms with Crippen molar-refractivity contribution in [2.24, 2.45) is 0 Å². The Labute approximate surface area is 98.7 Å². The zero-order valence-electron chi connectivity index (χ0n) is 10.6. The number of aryl methyl sites for hydroxylation is 1. The Hall–Kier alpha value is -1.02. The first-order chi connectivity index (χ1) is 7.59. The van der Waals surface area contributed by atoms with Crippen molar-refractivity contribution in [2.75, 3.05) is 11.9 Å². The molecule has 2 nitrogen and oxygen atoms in total. The highest BCUT2D eigenvalue weighted by molar-refractivity contribution is 5.46. The van der Waals surface area contributed by atoms with Gasteiger partial charge in [-0.25, -0.2) is 0 Å². The van der Waals surface area contributed by atoms with Crippen LogP contribution in [-0.4, -0.2) is 17.3 Å². The summed E-state index contributed by atoms with van der Waals surface area (Å²) in [6.45, 7) is 6.49. The van der Waals surface area contributed by atoms with Crippen LogP contribution in [-0.2, 0) is 0 Å². The van der Waals surface area contributed by atoms with E-state index in [2.05, 4.69) is 50.4 Å². The zero-order chi connectivity index (χ0) is 12.0. The minimum Gasteiger partial charge on any atom is -0.394 e. The molecule has 1 rings (SSSR count). The van der Waals surface area contributed by atoms with Crippen LogP contribution in [0.25, 0.3) is 0 Å². The molecule has 1 aromatic carbocycles. The van der Waals surface area contributed by atoms with Crippen molar-refractivity contribution in [1.29, 1.82) is 0 Å². The van der Waals surface area contributed by atoms with E-state index in [1.165, 1.54) is 5.56 Å². The maximum absolute atomic E-state index is 9.47. The van der Waals surface area contributed by atoms with Crippen molar-refractivity contribution in [3.8, 4) is 0 Å². The normalized spacial score (nSPS) is 14.5. The number of aliphatic hydroxyl groups is 1. The monoisotopic (exact) mass is 221 g/mol. The standard InChI is InChI=1S/C14H23NO/c1-4-5-10-14(3,11-16)15-13-8-6-12(2)7-9-13/h6-9,15-16H,4-5,10-11H2,1-3H3. The molecule has 0 aliphatic carbocycles. The highest BCUT2D eigenvalue weighted by atomic mass is 16.3. The topological polar surface area (TPSA) is 32.3 Å². The van der Waals surface area contributed by atoms with E-state index in [1.807, 2.05) is 0 Å². The first-order valence-corrected chi connectivity index (χ1v) is 6.05. The molecule has 0 radical (unpaired) electrons. The van der Waals surface area contributed by atoms with Crippen molar-refractivity contribution in [1.82, 2.24) is 0 Å². The largest absolute Gasteiger partial charge is 0.394 e. The van der Waals surface area contributed by atoms with Gasteiger partial charge in [-0.1, -0.05) is 37.5 Å². The lowest BCUT2D eigenvalue weighted by Gasteiger charge is -2.30. The van der Waals surface area contributed by atoms with E-state index in [0.29, 0.717) is 0 Å². The Morgan fingerprint density at radius 2 is 1.88 bits per heavy atom. The van der Waals surface area contributed by atoms with Gasteiger partial charge < -0.3 is 10.4 Å². The van der Waals surface area contributed by atoms with Gasteiger partial charge in [-0.05, 0) is 32.4 Å². The number of hydrogen-bond acceptors (Lipinski definition) is 2. The average molecular weight is 221 g/mol. The summed E-state index contributed by atoms with van der Waals surface area (Å²) in [5, 5.41) is 12.9. The van der Waals surface area contributed by atoms with Crippen LogP contribution in [0, 0.1) is 6.92 Å². The van der Waals surface area contributed by atoms with Crippen molar-refractivity contribution in [2.45, 2.75) is 45.6 Å². The van der Waals surface area contributed by atoms with E-state index in [0.717, 1.165) is 24.9 Å². The van der Waals surface area contributed by atoms with Crippen molar-refractivity contribution in [3.05, 3.63) is 29.8 Å². The number of aliphatic hydroxyl groups excluding tert-OH is 1. The second kappa shape index (κ2) is 5.90. The molecule has 0 spiro atoms. The molecule has 2 N–H and O–H groups in total. The summed E-state index contributed by atoms with van der Waals surface area (Å²) >= 11 is 0. The quantitative estimate of drug-likeness (QED) is 0.772. The molecule has 16 heavy (non-hydrogen) atoms. The molecular formula is C14H23NO. The van der Waals surface area contributed by atoms with Crippen LogP contribution in [0.5, 0.6) is 0 Å². The molecule has 0 aliphatic rings. The van der Waals surface area contributed by atoms with Crippen LogP contribution in [0.4, 0.5) is 5.69 Å². The number of rotatable bonds is 6. The lowest BCUT2D eigenvalue weighted by molar-refractivity contribution is 0.212. The summed E-state index contributed by atoms with van der Waals surface area (Å²) in [6.07, 6.45) is 3.29. The van der Waals surface area contributed by atoms with E-state index >= 15 is 0 Å². The Balaban J connectivity index is 2.64. The number of anilines is 1. The third kappa shape index (κ3) is 3.86. The molecule has 1 atom stereocenters. The zero-order valence-corrected chi connectivity index (χ0v) is 10.6. The lowest BCUT2D eigenvalue weighted by Crippen LogP contribution is -2.38. The van der Waals surface area contributed by atoms with E-state index in [9.17, 15) is 5.11 Å². The number of unbranched alkanes of at least 4 members (excludes halogenated alkanes) is 1. The molecule has 0 aromatic heterocycles. The summed E-state index contributed by atoms with van der Waals surface area (Å²) in [5.74, 6) is 0. The molecule has 1 unspecified atom stereocenters. The average Bonchev–Trinajstić information content (AvgIpc) is 2.30. The molecule has 0 saturated heterocycles.